The Hall–Kier alpha value is -3.32. The summed E-state index contributed by atoms with van der Waals surface area (Å²) in [5.74, 6) is -0.366. The number of methoxy groups -OCH3 is 2. The van der Waals surface area contributed by atoms with Crippen LogP contribution < -0.4 is 9.47 Å². The third-order valence-electron chi connectivity index (χ3n) is 5.53. The second kappa shape index (κ2) is 10.5. The Morgan fingerprint density at radius 2 is 1.82 bits per heavy atom. The summed E-state index contributed by atoms with van der Waals surface area (Å²) in [5, 5.41) is 11.3. The number of hydrogen-bond donors (Lipinski definition) is 1. The Morgan fingerprint density at radius 3 is 2.45 bits per heavy atom. The van der Waals surface area contributed by atoms with Gasteiger partial charge in [-0.05, 0) is 57.0 Å². The molecule has 1 amide bonds. The molecule has 1 heterocycles. The summed E-state index contributed by atoms with van der Waals surface area (Å²) in [6, 6.07) is 11.7. The molecule has 33 heavy (non-hydrogen) atoms. The molecule has 0 spiro atoms. The van der Waals surface area contributed by atoms with E-state index in [0.29, 0.717) is 42.2 Å². The van der Waals surface area contributed by atoms with Crippen molar-refractivity contribution in [3.8, 4) is 11.5 Å². The summed E-state index contributed by atoms with van der Waals surface area (Å²) in [6.07, 6.45) is 0.445. The van der Waals surface area contributed by atoms with E-state index in [1.165, 1.54) is 4.90 Å². The molecule has 1 aliphatic heterocycles. The lowest BCUT2D eigenvalue weighted by Gasteiger charge is -2.27. The normalized spacial score (nSPS) is 17.6. The highest BCUT2D eigenvalue weighted by Crippen LogP contribution is 2.43. The topological polar surface area (TPSA) is 85.3 Å². The second-order valence-electron chi connectivity index (χ2n) is 8.23. The fraction of sp³-hybridized carbons (Fsp3) is 0.385. The minimum Gasteiger partial charge on any atom is -0.507 e. The Bertz CT molecular complexity index is 1060. The van der Waals surface area contributed by atoms with Crippen LogP contribution in [0.2, 0.25) is 0 Å². The lowest BCUT2D eigenvalue weighted by Crippen LogP contribution is -2.31. The number of amides is 1. The molecule has 1 aliphatic rings. The third kappa shape index (κ3) is 5.03. The number of rotatable bonds is 9. The van der Waals surface area contributed by atoms with Gasteiger partial charge in [0.15, 0.2) is 0 Å². The third-order valence-corrected chi connectivity index (χ3v) is 5.53. The SMILES string of the molecule is COCCCN1C(=O)C(=O)/C(=C(\O)c2ccc(OC)c(C)c2)C1c1ccccc1OC(C)C. The van der Waals surface area contributed by atoms with Crippen LogP contribution in [0.25, 0.3) is 5.76 Å². The van der Waals surface area contributed by atoms with E-state index in [-0.39, 0.29) is 17.4 Å². The first-order valence-corrected chi connectivity index (χ1v) is 11.0. The predicted molar refractivity (Wildman–Crippen MR) is 125 cm³/mol. The van der Waals surface area contributed by atoms with Gasteiger partial charge in [0.05, 0.1) is 24.8 Å². The van der Waals surface area contributed by atoms with Gasteiger partial charge in [-0.1, -0.05) is 18.2 Å². The number of likely N-dealkylation sites (tertiary alicyclic amines) is 1. The molecule has 1 N–H and O–H groups in total. The zero-order valence-electron chi connectivity index (χ0n) is 19.8. The zero-order valence-corrected chi connectivity index (χ0v) is 19.8. The molecule has 1 saturated heterocycles. The van der Waals surface area contributed by atoms with Crippen LogP contribution in [0.15, 0.2) is 48.0 Å². The number of ether oxygens (including phenoxy) is 3. The molecule has 7 heteroatoms. The number of nitrogens with zero attached hydrogens (tertiary/aromatic N) is 1. The first kappa shape index (κ1) is 24.3. The van der Waals surface area contributed by atoms with Gasteiger partial charge in [-0.25, -0.2) is 0 Å². The summed E-state index contributed by atoms with van der Waals surface area (Å²) < 4.78 is 16.4. The first-order chi connectivity index (χ1) is 15.8. The lowest BCUT2D eigenvalue weighted by molar-refractivity contribution is -0.140. The molecule has 1 unspecified atom stereocenters. The molecule has 0 aromatic heterocycles. The van der Waals surface area contributed by atoms with Crippen LogP contribution in [-0.4, -0.2) is 55.2 Å². The van der Waals surface area contributed by atoms with Crippen molar-refractivity contribution in [1.82, 2.24) is 4.90 Å². The Balaban J connectivity index is 2.18. The smallest absolute Gasteiger partial charge is 0.295 e. The number of aryl methyl sites for hydroxylation is 1. The Labute approximate surface area is 194 Å². The van der Waals surface area contributed by atoms with Crippen LogP contribution in [-0.2, 0) is 14.3 Å². The summed E-state index contributed by atoms with van der Waals surface area (Å²) in [7, 11) is 3.16. The van der Waals surface area contributed by atoms with Crippen molar-refractivity contribution in [2.24, 2.45) is 0 Å². The number of carbonyl (C=O) groups is 2. The minimum absolute atomic E-state index is 0.0433. The molecule has 0 radical (unpaired) electrons. The summed E-state index contributed by atoms with van der Waals surface area (Å²) in [4.78, 5) is 27.7. The van der Waals surface area contributed by atoms with E-state index in [1.54, 1.807) is 32.4 Å². The lowest BCUT2D eigenvalue weighted by atomic mass is 9.94. The van der Waals surface area contributed by atoms with Crippen molar-refractivity contribution >= 4 is 17.4 Å². The van der Waals surface area contributed by atoms with Gasteiger partial charge in [-0.3, -0.25) is 9.59 Å². The van der Waals surface area contributed by atoms with E-state index in [9.17, 15) is 14.7 Å². The number of para-hydroxylation sites is 1. The Morgan fingerprint density at radius 1 is 1.09 bits per heavy atom. The average molecular weight is 454 g/mol. The van der Waals surface area contributed by atoms with Crippen molar-refractivity contribution in [2.45, 2.75) is 39.3 Å². The number of ketones is 1. The first-order valence-electron chi connectivity index (χ1n) is 11.0. The number of hydrogen-bond acceptors (Lipinski definition) is 6. The zero-order chi connectivity index (χ0) is 24.1. The van der Waals surface area contributed by atoms with Gasteiger partial charge in [-0.2, -0.15) is 0 Å². The maximum Gasteiger partial charge on any atom is 0.295 e. The fourth-order valence-electron chi connectivity index (χ4n) is 4.06. The molecule has 0 aliphatic carbocycles. The van der Waals surface area contributed by atoms with Gasteiger partial charge in [0.2, 0.25) is 0 Å². The average Bonchev–Trinajstić information content (AvgIpc) is 3.03. The summed E-state index contributed by atoms with van der Waals surface area (Å²) >= 11 is 0. The van der Waals surface area contributed by atoms with Crippen LogP contribution in [0, 0.1) is 6.92 Å². The highest BCUT2D eigenvalue weighted by atomic mass is 16.5. The van der Waals surface area contributed by atoms with Crippen molar-refractivity contribution < 1.29 is 28.9 Å². The number of aliphatic hydroxyl groups excluding tert-OH is 1. The van der Waals surface area contributed by atoms with Gasteiger partial charge < -0.3 is 24.2 Å². The number of benzene rings is 2. The molecule has 3 rings (SSSR count). The molecular weight excluding hydrogens is 422 g/mol. The highest BCUT2D eigenvalue weighted by Gasteiger charge is 2.46. The van der Waals surface area contributed by atoms with Gasteiger partial charge in [0.1, 0.15) is 17.3 Å². The standard InChI is InChI=1S/C26H31NO6/c1-16(2)33-21-10-7-6-9-19(21)23-22(25(29)26(30)27(23)13-8-14-31-4)24(28)18-11-12-20(32-5)17(3)15-18/h6-7,9-12,15-16,23,28H,8,13-14H2,1-5H3/b24-22-. The van der Waals surface area contributed by atoms with Crippen molar-refractivity contribution in [3.05, 3.63) is 64.7 Å². The van der Waals surface area contributed by atoms with Crippen LogP contribution in [0.3, 0.4) is 0 Å². The fourth-order valence-corrected chi connectivity index (χ4v) is 4.06. The van der Waals surface area contributed by atoms with Gasteiger partial charge in [-0.15, -0.1) is 0 Å². The quantitative estimate of drug-likeness (QED) is 0.264. The summed E-state index contributed by atoms with van der Waals surface area (Å²) in [6.45, 7) is 6.41. The monoisotopic (exact) mass is 453 g/mol. The minimum atomic E-state index is -0.779. The molecular formula is C26H31NO6. The summed E-state index contributed by atoms with van der Waals surface area (Å²) in [5.41, 5.74) is 1.93. The largest absolute Gasteiger partial charge is 0.507 e. The van der Waals surface area contributed by atoms with E-state index in [1.807, 2.05) is 45.0 Å². The molecule has 1 atom stereocenters. The number of Topliss-reactive ketones (excluding diaryl/α,β-unsaturated/α-hetero) is 1. The van der Waals surface area contributed by atoms with Gasteiger partial charge in [0.25, 0.3) is 11.7 Å². The number of aliphatic hydroxyl groups is 1. The van der Waals surface area contributed by atoms with Gasteiger partial charge >= 0.3 is 0 Å². The van der Waals surface area contributed by atoms with E-state index in [0.717, 1.165) is 5.56 Å². The molecule has 0 saturated carbocycles. The Kier molecular flexibility index (Phi) is 7.76. The van der Waals surface area contributed by atoms with Crippen LogP contribution >= 0.6 is 0 Å². The van der Waals surface area contributed by atoms with Crippen molar-refractivity contribution in [3.63, 3.8) is 0 Å². The number of carbonyl (C=O) groups excluding carboxylic acids is 2. The molecule has 7 nitrogen and oxygen atoms in total. The molecule has 1 fully saturated rings. The van der Waals surface area contributed by atoms with Crippen LogP contribution in [0.1, 0.15) is 43.0 Å². The van der Waals surface area contributed by atoms with Gasteiger partial charge in [0, 0.05) is 31.4 Å². The van der Waals surface area contributed by atoms with Crippen molar-refractivity contribution in [1.29, 1.82) is 0 Å². The van der Waals surface area contributed by atoms with E-state index in [2.05, 4.69) is 0 Å². The predicted octanol–water partition coefficient (Wildman–Crippen LogP) is 4.25. The molecule has 0 bridgehead atoms. The second-order valence-corrected chi connectivity index (χ2v) is 8.23. The maximum atomic E-state index is 13.2. The van der Waals surface area contributed by atoms with Crippen LogP contribution in [0.4, 0.5) is 0 Å². The van der Waals surface area contributed by atoms with Crippen molar-refractivity contribution in [2.75, 3.05) is 27.4 Å². The molecule has 2 aromatic carbocycles. The maximum absolute atomic E-state index is 13.2. The van der Waals surface area contributed by atoms with E-state index in [4.69, 9.17) is 14.2 Å². The van der Waals surface area contributed by atoms with E-state index < -0.39 is 17.7 Å². The molecule has 2 aromatic rings. The highest BCUT2D eigenvalue weighted by molar-refractivity contribution is 6.46. The molecule has 176 valence electrons. The van der Waals surface area contributed by atoms with E-state index >= 15 is 0 Å². The van der Waals surface area contributed by atoms with Crippen LogP contribution in [0.5, 0.6) is 11.5 Å².